The fourth-order valence-corrected chi connectivity index (χ4v) is 2.26. The molecule has 108 valence electrons. The van der Waals surface area contributed by atoms with Crippen molar-refractivity contribution in [2.24, 2.45) is 0 Å². The number of nitrogens with zero attached hydrogens (tertiary/aromatic N) is 1. The maximum Gasteiger partial charge on any atom is 0.120 e. The smallest absolute Gasteiger partial charge is 0.120 e. The van der Waals surface area contributed by atoms with Crippen molar-refractivity contribution in [3.05, 3.63) is 54.2 Å². The number of aromatic amines is 1. The molecule has 0 amide bonds. The van der Waals surface area contributed by atoms with Crippen LogP contribution in [0.15, 0.2) is 48.7 Å². The van der Waals surface area contributed by atoms with Crippen LogP contribution in [0.5, 0.6) is 5.75 Å². The molecule has 21 heavy (non-hydrogen) atoms. The van der Waals surface area contributed by atoms with Crippen molar-refractivity contribution in [1.29, 1.82) is 0 Å². The summed E-state index contributed by atoms with van der Waals surface area (Å²) in [5.41, 5.74) is 3.33. The summed E-state index contributed by atoms with van der Waals surface area (Å²) in [6.45, 7) is 4.83. The van der Waals surface area contributed by atoms with Gasteiger partial charge in [0.1, 0.15) is 5.75 Å². The number of nitrogens with one attached hydrogen (secondary N) is 2. The lowest BCUT2D eigenvalue weighted by Gasteiger charge is -2.12. The molecule has 0 aliphatic carbocycles. The maximum absolute atomic E-state index is 5.71. The number of H-pyrrole nitrogens is 1. The molecule has 4 heteroatoms. The molecule has 0 bridgehead atoms. The molecule has 0 atom stereocenters. The monoisotopic (exact) mass is 281 g/mol. The number of hydrogen-bond donors (Lipinski definition) is 2. The average Bonchev–Trinajstić information content (AvgIpc) is 2.92. The van der Waals surface area contributed by atoms with Crippen LogP contribution < -0.4 is 10.1 Å². The molecular weight excluding hydrogens is 262 g/mol. The van der Waals surface area contributed by atoms with Gasteiger partial charge in [0.15, 0.2) is 0 Å². The summed E-state index contributed by atoms with van der Waals surface area (Å²) in [6.07, 6.45) is 2.02. The number of anilines is 1. The van der Waals surface area contributed by atoms with Gasteiger partial charge in [0, 0.05) is 17.6 Å². The van der Waals surface area contributed by atoms with E-state index in [1.807, 2.05) is 38.2 Å². The van der Waals surface area contributed by atoms with Crippen LogP contribution in [-0.2, 0) is 6.54 Å². The third-order valence-electron chi connectivity index (χ3n) is 3.21. The minimum absolute atomic E-state index is 0.191. The molecule has 0 aliphatic heterocycles. The molecule has 0 saturated heterocycles. The van der Waals surface area contributed by atoms with Gasteiger partial charge in [0.25, 0.3) is 0 Å². The molecule has 0 spiro atoms. The van der Waals surface area contributed by atoms with E-state index in [4.69, 9.17) is 4.74 Å². The van der Waals surface area contributed by atoms with E-state index in [9.17, 15) is 0 Å². The van der Waals surface area contributed by atoms with Crippen molar-refractivity contribution in [2.45, 2.75) is 26.5 Å². The Morgan fingerprint density at radius 1 is 1.19 bits per heavy atom. The van der Waals surface area contributed by atoms with Crippen molar-refractivity contribution < 1.29 is 4.74 Å². The highest BCUT2D eigenvalue weighted by Gasteiger charge is 2.01. The second kappa shape index (κ2) is 5.87. The molecule has 0 aliphatic rings. The van der Waals surface area contributed by atoms with Crippen LogP contribution in [0.1, 0.15) is 19.4 Å². The molecular formula is C17H19N3O. The maximum atomic E-state index is 5.71. The van der Waals surface area contributed by atoms with Crippen LogP contribution >= 0.6 is 0 Å². The van der Waals surface area contributed by atoms with Gasteiger partial charge in [-0.05, 0) is 49.7 Å². The molecule has 0 fully saturated rings. The standard InChI is InChI=1S/C17H19N3O/c1-12(2)21-16-5-3-4-13(8-16)10-18-15-6-7-17-14(9-15)11-19-20-17/h3-9,11-12,18H,10H2,1-2H3,(H,19,20). The van der Waals surface area contributed by atoms with Gasteiger partial charge in [-0.1, -0.05) is 12.1 Å². The Labute approximate surface area is 124 Å². The molecule has 3 rings (SSSR count). The van der Waals surface area contributed by atoms with Gasteiger partial charge in [-0.2, -0.15) is 5.10 Å². The summed E-state index contributed by atoms with van der Waals surface area (Å²) in [6, 6.07) is 14.3. The molecule has 0 unspecified atom stereocenters. The van der Waals surface area contributed by atoms with Gasteiger partial charge in [-0.25, -0.2) is 0 Å². The number of hydrogen-bond acceptors (Lipinski definition) is 3. The first-order chi connectivity index (χ1) is 10.2. The quantitative estimate of drug-likeness (QED) is 0.744. The van der Waals surface area contributed by atoms with E-state index in [1.165, 1.54) is 5.56 Å². The van der Waals surface area contributed by atoms with Crippen LogP contribution in [0.3, 0.4) is 0 Å². The molecule has 2 aromatic carbocycles. The molecule has 0 radical (unpaired) electrons. The number of ether oxygens (including phenoxy) is 1. The van der Waals surface area contributed by atoms with E-state index in [0.717, 1.165) is 28.9 Å². The van der Waals surface area contributed by atoms with Crippen LogP contribution in [0.2, 0.25) is 0 Å². The highest BCUT2D eigenvalue weighted by molar-refractivity contribution is 5.81. The number of benzene rings is 2. The van der Waals surface area contributed by atoms with E-state index < -0.39 is 0 Å². The number of aromatic nitrogens is 2. The first-order valence-corrected chi connectivity index (χ1v) is 7.13. The Hall–Kier alpha value is -2.49. The van der Waals surface area contributed by atoms with E-state index in [0.29, 0.717) is 0 Å². The van der Waals surface area contributed by atoms with Crippen molar-refractivity contribution in [1.82, 2.24) is 10.2 Å². The molecule has 0 saturated carbocycles. The topological polar surface area (TPSA) is 49.9 Å². The van der Waals surface area contributed by atoms with Gasteiger partial charge in [0.05, 0.1) is 17.8 Å². The summed E-state index contributed by atoms with van der Waals surface area (Å²) in [4.78, 5) is 0. The minimum Gasteiger partial charge on any atom is -0.491 e. The SMILES string of the molecule is CC(C)Oc1cccc(CNc2ccc3[nH]ncc3c2)c1. The first-order valence-electron chi connectivity index (χ1n) is 7.13. The zero-order chi connectivity index (χ0) is 14.7. The van der Waals surface area contributed by atoms with Gasteiger partial charge in [0.2, 0.25) is 0 Å². The average molecular weight is 281 g/mol. The summed E-state index contributed by atoms with van der Waals surface area (Å²) in [7, 11) is 0. The van der Waals surface area contributed by atoms with Crippen LogP contribution in [0, 0.1) is 0 Å². The molecule has 4 nitrogen and oxygen atoms in total. The Kier molecular flexibility index (Phi) is 3.77. The highest BCUT2D eigenvalue weighted by Crippen LogP contribution is 2.19. The fourth-order valence-electron chi connectivity index (χ4n) is 2.26. The van der Waals surface area contributed by atoms with Crippen molar-refractivity contribution in [2.75, 3.05) is 5.32 Å². The lowest BCUT2D eigenvalue weighted by molar-refractivity contribution is 0.242. The van der Waals surface area contributed by atoms with Gasteiger partial charge < -0.3 is 10.1 Å². The van der Waals surface area contributed by atoms with Crippen molar-refractivity contribution in [3.8, 4) is 5.75 Å². The Morgan fingerprint density at radius 3 is 2.95 bits per heavy atom. The minimum atomic E-state index is 0.191. The summed E-state index contributed by atoms with van der Waals surface area (Å²) < 4.78 is 5.71. The van der Waals surface area contributed by atoms with E-state index in [-0.39, 0.29) is 6.10 Å². The van der Waals surface area contributed by atoms with E-state index in [1.54, 1.807) is 0 Å². The largest absolute Gasteiger partial charge is 0.491 e. The number of rotatable bonds is 5. The van der Waals surface area contributed by atoms with Gasteiger partial charge in [-0.3, -0.25) is 5.10 Å². The van der Waals surface area contributed by atoms with Gasteiger partial charge in [-0.15, -0.1) is 0 Å². The normalized spacial score (nSPS) is 11.0. The zero-order valence-corrected chi connectivity index (χ0v) is 12.3. The van der Waals surface area contributed by atoms with Crippen LogP contribution in [0.4, 0.5) is 5.69 Å². The second-order valence-corrected chi connectivity index (χ2v) is 5.34. The predicted molar refractivity (Wildman–Crippen MR) is 85.6 cm³/mol. The summed E-state index contributed by atoms with van der Waals surface area (Å²) in [5, 5.41) is 11.5. The van der Waals surface area contributed by atoms with Crippen molar-refractivity contribution >= 4 is 16.6 Å². The number of fused-ring (bicyclic) bond motifs is 1. The third kappa shape index (κ3) is 3.34. The Balaban J connectivity index is 1.69. The molecule has 1 heterocycles. The van der Waals surface area contributed by atoms with E-state index in [2.05, 4.69) is 39.8 Å². The molecule has 2 N–H and O–H groups in total. The first kappa shape index (κ1) is 13.5. The van der Waals surface area contributed by atoms with E-state index >= 15 is 0 Å². The lowest BCUT2D eigenvalue weighted by atomic mass is 10.2. The van der Waals surface area contributed by atoms with Crippen LogP contribution in [-0.4, -0.2) is 16.3 Å². The predicted octanol–water partition coefficient (Wildman–Crippen LogP) is 3.96. The summed E-state index contributed by atoms with van der Waals surface area (Å²) in [5.74, 6) is 0.912. The Morgan fingerprint density at radius 2 is 2.10 bits per heavy atom. The lowest BCUT2D eigenvalue weighted by Crippen LogP contribution is -2.06. The molecule has 3 aromatic rings. The third-order valence-corrected chi connectivity index (χ3v) is 3.21. The van der Waals surface area contributed by atoms with Crippen molar-refractivity contribution in [3.63, 3.8) is 0 Å². The Bertz CT molecular complexity index is 733. The van der Waals surface area contributed by atoms with Gasteiger partial charge >= 0.3 is 0 Å². The molecule has 1 aromatic heterocycles. The summed E-state index contributed by atoms with van der Waals surface area (Å²) >= 11 is 0. The fraction of sp³-hybridized carbons (Fsp3) is 0.235. The zero-order valence-electron chi connectivity index (χ0n) is 12.3. The highest BCUT2D eigenvalue weighted by atomic mass is 16.5. The van der Waals surface area contributed by atoms with Crippen LogP contribution in [0.25, 0.3) is 10.9 Å². The second-order valence-electron chi connectivity index (χ2n) is 5.34.